The number of carbonyl (C=O) groups excluding carboxylic acids is 3. The van der Waals surface area contributed by atoms with Crippen LogP contribution >= 0.6 is 0 Å². The lowest BCUT2D eigenvalue weighted by molar-refractivity contribution is -0.143. The number of carbonyl (C=O) groups is 3. The normalized spacial score (nSPS) is 20.1. The summed E-state index contributed by atoms with van der Waals surface area (Å²) < 4.78 is 10.1. The van der Waals surface area contributed by atoms with E-state index in [1.54, 1.807) is 20.8 Å². The zero-order valence-corrected chi connectivity index (χ0v) is 18.3. The van der Waals surface area contributed by atoms with Crippen molar-refractivity contribution in [3.63, 3.8) is 0 Å². The summed E-state index contributed by atoms with van der Waals surface area (Å²) in [6, 6.07) is 6.47. The second-order valence-electron chi connectivity index (χ2n) is 8.67. The van der Waals surface area contributed by atoms with Crippen LogP contribution in [0.25, 0.3) is 10.9 Å². The number of H-pyrrole nitrogens is 1. The number of fused-ring (bicyclic) bond motifs is 1. The van der Waals surface area contributed by atoms with E-state index in [-0.39, 0.29) is 18.4 Å². The molecule has 2 aromatic rings. The molecule has 168 valence electrons. The molecule has 2 amide bonds. The molecule has 1 aliphatic heterocycles. The number of hydrogen-bond acceptors (Lipinski definition) is 6. The van der Waals surface area contributed by atoms with Crippen molar-refractivity contribution in [2.45, 2.75) is 57.3 Å². The smallest absolute Gasteiger partial charge is 0.407 e. The van der Waals surface area contributed by atoms with Gasteiger partial charge < -0.3 is 25.1 Å². The fraction of sp³-hybridized carbons (Fsp3) is 0.500. The third kappa shape index (κ3) is 5.97. The van der Waals surface area contributed by atoms with Gasteiger partial charge in [0.25, 0.3) is 0 Å². The summed E-state index contributed by atoms with van der Waals surface area (Å²) in [5.74, 6) is -0.758. The van der Waals surface area contributed by atoms with Crippen molar-refractivity contribution in [2.75, 3.05) is 13.7 Å². The van der Waals surface area contributed by atoms with Gasteiger partial charge in [0.1, 0.15) is 5.60 Å². The minimum Gasteiger partial charge on any atom is -0.469 e. The predicted molar refractivity (Wildman–Crippen MR) is 116 cm³/mol. The second kappa shape index (κ2) is 9.38. The number of amides is 2. The fourth-order valence-corrected chi connectivity index (χ4v) is 3.68. The van der Waals surface area contributed by atoms with E-state index in [0.29, 0.717) is 13.0 Å². The van der Waals surface area contributed by atoms with Crippen LogP contribution in [0.5, 0.6) is 0 Å². The molecule has 0 radical (unpaired) electrons. The predicted octanol–water partition coefficient (Wildman–Crippen LogP) is 1.62. The Bertz CT molecular complexity index is 949. The molecule has 2 heterocycles. The molecule has 4 N–H and O–H groups in total. The highest BCUT2D eigenvalue weighted by Gasteiger charge is 2.35. The Balaban J connectivity index is 1.81. The van der Waals surface area contributed by atoms with Gasteiger partial charge in [-0.2, -0.15) is 0 Å². The molecule has 3 rings (SSSR count). The molecule has 31 heavy (non-hydrogen) atoms. The van der Waals surface area contributed by atoms with Gasteiger partial charge in [0.15, 0.2) is 0 Å². The van der Waals surface area contributed by atoms with Gasteiger partial charge >= 0.3 is 12.1 Å². The van der Waals surface area contributed by atoms with Crippen LogP contribution in [0, 0.1) is 0 Å². The maximum atomic E-state index is 12.5. The standard InChI is InChI=1S/C22H30N4O5/c1-22(2,3)31-21(29)26-16(9-13-11-23-15-8-6-5-7-14(13)15)18-12-24-20(28)17(25-18)10-19(27)30-4/h5-8,11,16-18,23,25H,9-10,12H2,1-4H3,(H,24,28)(H,26,29)/t16-,17-,18+/m0/s1. The number of benzene rings is 1. The second-order valence-corrected chi connectivity index (χ2v) is 8.67. The summed E-state index contributed by atoms with van der Waals surface area (Å²) in [6.07, 6.45) is 1.79. The summed E-state index contributed by atoms with van der Waals surface area (Å²) in [7, 11) is 1.28. The molecule has 0 unspecified atom stereocenters. The van der Waals surface area contributed by atoms with Crippen LogP contribution in [-0.2, 0) is 25.5 Å². The zero-order chi connectivity index (χ0) is 22.6. The number of ether oxygens (including phenoxy) is 2. The third-order valence-electron chi connectivity index (χ3n) is 5.13. The highest BCUT2D eigenvalue weighted by molar-refractivity contribution is 5.87. The lowest BCUT2D eigenvalue weighted by atomic mass is 9.95. The van der Waals surface area contributed by atoms with E-state index in [4.69, 9.17) is 9.47 Å². The maximum absolute atomic E-state index is 12.5. The molecule has 1 aliphatic rings. The molecule has 1 aromatic carbocycles. The van der Waals surface area contributed by atoms with Crippen molar-refractivity contribution in [3.8, 4) is 0 Å². The van der Waals surface area contributed by atoms with Crippen molar-refractivity contribution in [1.82, 2.24) is 20.9 Å². The number of piperazine rings is 1. The first-order valence-corrected chi connectivity index (χ1v) is 10.3. The highest BCUT2D eigenvalue weighted by Crippen LogP contribution is 2.21. The zero-order valence-electron chi connectivity index (χ0n) is 18.3. The molecule has 1 aromatic heterocycles. The van der Waals surface area contributed by atoms with Gasteiger partial charge in [-0.1, -0.05) is 18.2 Å². The number of alkyl carbamates (subject to hydrolysis) is 1. The van der Waals surface area contributed by atoms with Crippen LogP contribution in [0.15, 0.2) is 30.5 Å². The van der Waals surface area contributed by atoms with E-state index in [9.17, 15) is 14.4 Å². The van der Waals surface area contributed by atoms with Crippen LogP contribution in [0.4, 0.5) is 4.79 Å². The van der Waals surface area contributed by atoms with E-state index >= 15 is 0 Å². The average Bonchev–Trinajstić information content (AvgIpc) is 3.10. The number of methoxy groups -OCH3 is 1. The molecular formula is C22H30N4O5. The minimum atomic E-state index is -0.739. The van der Waals surface area contributed by atoms with Gasteiger partial charge in [-0.3, -0.25) is 14.9 Å². The van der Waals surface area contributed by atoms with Gasteiger partial charge in [0, 0.05) is 29.7 Å². The first kappa shape index (κ1) is 22.6. The Hall–Kier alpha value is -3.07. The van der Waals surface area contributed by atoms with Gasteiger partial charge in [-0.05, 0) is 38.8 Å². The van der Waals surface area contributed by atoms with E-state index in [1.165, 1.54) is 7.11 Å². The van der Waals surface area contributed by atoms with Gasteiger partial charge in [0.2, 0.25) is 5.91 Å². The number of esters is 1. The van der Waals surface area contributed by atoms with Crippen molar-refractivity contribution >= 4 is 28.9 Å². The van der Waals surface area contributed by atoms with E-state index in [1.807, 2.05) is 30.5 Å². The molecular weight excluding hydrogens is 400 g/mol. The van der Waals surface area contributed by atoms with Crippen molar-refractivity contribution < 1.29 is 23.9 Å². The summed E-state index contributed by atoms with van der Waals surface area (Å²) in [5.41, 5.74) is 1.39. The Morgan fingerprint density at radius 3 is 2.71 bits per heavy atom. The molecule has 0 bridgehead atoms. The SMILES string of the molecule is COC(=O)C[C@@H]1N[C@@H]([C@H](Cc2c[nH]c3ccccc23)NC(=O)OC(C)(C)C)CNC1=O. The van der Waals surface area contributed by atoms with Crippen molar-refractivity contribution in [1.29, 1.82) is 0 Å². The van der Waals surface area contributed by atoms with Crippen LogP contribution in [0.1, 0.15) is 32.8 Å². The van der Waals surface area contributed by atoms with Crippen molar-refractivity contribution in [3.05, 3.63) is 36.0 Å². The van der Waals surface area contributed by atoms with E-state index in [0.717, 1.165) is 16.5 Å². The monoisotopic (exact) mass is 430 g/mol. The molecule has 9 nitrogen and oxygen atoms in total. The lowest BCUT2D eigenvalue weighted by Gasteiger charge is -2.36. The molecule has 3 atom stereocenters. The first-order valence-electron chi connectivity index (χ1n) is 10.3. The summed E-state index contributed by atoms with van der Waals surface area (Å²) in [5, 5.41) is 10.0. The summed E-state index contributed by atoms with van der Waals surface area (Å²) in [4.78, 5) is 39.7. The Morgan fingerprint density at radius 1 is 1.26 bits per heavy atom. The number of aromatic amines is 1. The molecule has 1 fully saturated rings. The summed E-state index contributed by atoms with van der Waals surface area (Å²) in [6.45, 7) is 5.70. The van der Waals surface area contributed by atoms with Crippen LogP contribution in [-0.4, -0.2) is 60.3 Å². The molecule has 0 spiro atoms. The Kier molecular flexibility index (Phi) is 6.84. The Morgan fingerprint density at radius 2 is 2.00 bits per heavy atom. The van der Waals surface area contributed by atoms with Crippen molar-refractivity contribution in [2.24, 2.45) is 0 Å². The topological polar surface area (TPSA) is 122 Å². The number of aromatic nitrogens is 1. The van der Waals surface area contributed by atoms with Crippen LogP contribution < -0.4 is 16.0 Å². The number of para-hydroxylation sites is 1. The fourth-order valence-electron chi connectivity index (χ4n) is 3.68. The van der Waals surface area contributed by atoms with E-state index < -0.39 is 29.7 Å². The highest BCUT2D eigenvalue weighted by atomic mass is 16.6. The minimum absolute atomic E-state index is 0.0922. The quantitative estimate of drug-likeness (QED) is 0.517. The molecule has 1 saturated heterocycles. The maximum Gasteiger partial charge on any atom is 0.407 e. The third-order valence-corrected chi connectivity index (χ3v) is 5.13. The van der Waals surface area contributed by atoms with Gasteiger partial charge in [-0.15, -0.1) is 0 Å². The molecule has 0 saturated carbocycles. The average molecular weight is 431 g/mol. The molecule has 0 aliphatic carbocycles. The van der Waals surface area contributed by atoms with Gasteiger partial charge in [-0.25, -0.2) is 4.79 Å². The van der Waals surface area contributed by atoms with E-state index in [2.05, 4.69) is 20.9 Å². The molecule has 9 heteroatoms. The number of rotatable bonds is 6. The largest absolute Gasteiger partial charge is 0.469 e. The van der Waals surface area contributed by atoms with Gasteiger partial charge in [0.05, 0.1) is 25.6 Å². The Labute approximate surface area is 181 Å². The van der Waals surface area contributed by atoms with Crippen LogP contribution in [0.3, 0.4) is 0 Å². The van der Waals surface area contributed by atoms with Crippen LogP contribution in [0.2, 0.25) is 0 Å². The lowest BCUT2D eigenvalue weighted by Crippen LogP contribution is -2.65. The first-order chi connectivity index (χ1) is 14.7. The summed E-state index contributed by atoms with van der Waals surface area (Å²) >= 11 is 0. The number of hydrogen-bond donors (Lipinski definition) is 4. The number of nitrogens with one attached hydrogen (secondary N) is 4.